The Balaban J connectivity index is 1.70. The zero-order chi connectivity index (χ0) is 20.9. The molecule has 5 rings (SSSR count). The quantitative estimate of drug-likeness (QED) is 0.610. The van der Waals surface area contributed by atoms with Crippen molar-refractivity contribution in [2.24, 2.45) is 0 Å². The molecule has 0 fully saturated rings. The van der Waals surface area contributed by atoms with Crippen LogP contribution >= 0.6 is 0 Å². The van der Waals surface area contributed by atoms with Gasteiger partial charge in [0.15, 0.2) is 17.5 Å². The minimum absolute atomic E-state index is 0.143. The Hall–Kier alpha value is -3.33. The second kappa shape index (κ2) is 6.88. The highest BCUT2D eigenvalue weighted by Crippen LogP contribution is 2.51. The maximum Gasteiger partial charge on any atom is 0.231 e. The van der Waals surface area contributed by atoms with E-state index >= 15 is 0 Å². The first-order valence-corrected chi connectivity index (χ1v) is 9.78. The Morgan fingerprint density at radius 2 is 1.90 bits per heavy atom. The Bertz CT molecular complexity index is 1090. The van der Waals surface area contributed by atoms with Crippen LogP contribution in [0.2, 0.25) is 0 Å². The summed E-state index contributed by atoms with van der Waals surface area (Å²) in [5.41, 5.74) is 3.08. The Labute approximate surface area is 174 Å². The summed E-state index contributed by atoms with van der Waals surface area (Å²) in [5, 5.41) is 12.7. The molecular weight excluding hydrogens is 386 g/mol. The number of hydrogen-bond acceptors (Lipinski definition) is 7. The lowest BCUT2D eigenvalue weighted by molar-refractivity contribution is -0.917. The number of nitrogens with zero attached hydrogens (tertiary/aromatic N) is 5. The molecule has 0 radical (unpaired) electrons. The number of quaternary nitrogens is 1. The van der Waals surface area contributed by atoms with Gasteiger partial charge in [-0.1, -0.05) is 0 Å². The Morgan fingerprint density at radius 3 is 2.63 bits per heavy atom. The molecule has 0 amide bonds. The normalized spacial score (nSPS) is 18.7. The predicted molar refractivity (Wildman–Crippen MR) is 107 cm³/mol. The first-order chi connectivity index (χ1) is 14.5. The van der Waals surface area contributed by atoms with E-state index in [0.29, 0.717) is 16.0 Å². The number of tetrazole rings is 1. The highest BCUT2D eigenvalue weighted by molar-refractivity contribution is 5.62. The van der Waals surface area contributed by atoms with Gasteiger partial charge in [-0.15, -0.1) is 5.10 Å². The minimum Gasteiger partial charge on any atom is -0.497 e. The number of aromatic nitrogens is 4. The van der Waals surface area contributed by atoms with Gasteiger partial charge in [-0.3, -0.25) is 0 Å². The molecule has 156 valence electrons. The average Bonchev–Trinajstić information content (AvgIpc) is 3.41. The smallest absolute Gasteiger partial charge is 0.231 e. The lowest BCUT2D eigenvalue weighted by atomic mass is 9.88. The molecule has 0 saturated heterocycles. The fourth-order valence-corrected chi connectivity index (χ4v) is 4.39. The molecule has 9 heteroatoms. The van der Waals surface area contributed by atoms with E-state index in [1.807, 2.05) is 24.3 Å². The Kier molecular flexibility index (Phi) is 4.28. The van der Waals surface area contributed by atoms with Crippen molar-refractivity contribution in [3.8, 4) is 28.7 Å². The van der Waals surface area contributed by atoms with Crippen LogP contribution < -0.4 is 18.9 Å². The molecule has 1 atom stereocenters. The summed E-state index contributed by atoms with van der Waals surface area (Å²) in [7, 11) is 7.68. The molecular formula is C21H24N5O4+. The van der Waals surface area contributed by atoms with Crippen LogP contribution in [0.25, 0.3) is 5.69 Å². The van der Waals surface area contributed by atoms with Gasteiger partial charge in [0.1, 0.15) is 5.75 Å². The van der Waals surface area contributed by atoms with Gasteiger partial charge >= 0.3 is 0 Å². The van der Waals surface area contributed by atoms with Crippen LogP contribution in [0.5, 0.6) is 23.0 Å². The van der Waals surface area contributed by atoms with Crippen molar-refractivity contribution in [1.29, 1.82) is 0 Å². The SMILES string of the molecule is COc1ccc(-n2nnnc2C2c3c(cc4c(c3OC)OCO4)CC[N+]2(C)C)cc1. The van der Waals surface area contributed by atoms with Crippen LogP contribution in [0.4, 0.5) is 0 Å². The fourth-order valence-electron chi connectivity index (χ4n) is 4.39. The van der Waals surface area contributed by atoms with E-state index in [0.717, 1.165) is 41.5 Å². The van der Waals surface area contributed by atoms with Gasteiger partial charge in [0.25, 0.3) is 0 Å². The molecule has 9 nitrogen and oxygen atoms in total. The molecule has 0 bridgehead atoms. The number of methoxy groups -OCH3 is 2. The van der Waals surface area contributed by atoms with Crippen molar-refractivity contribution in [3.63, 3.8) is 0 Å². The van der Waals surface area contributed by atoms with Crippen molar-refractivity contribution in [2.45, 2.75) is 12.5 Å². The van der Waals surface area contributed by atoms with Gasteiger partial charge in [0, 0.05) is 6.42 Å². The highest BCUT2D eigenvalue weighted by Gasteiger charge is 2.45. The van der Waals surface area contributed by atoms with Crippen LogP contribution in [0.1, 0.15) is 23.0 Å². The highest BCUT2D eigenvalue weighted by atomic mass is 16.7. The molecule has 2 aliphatic rings. The molecule has 0 N–H and O–H groups in total. The largest absolute Gasteiger partial charge is 0.497 e. The van der Waals surface area contributed by atoms with E-state index in [-0.39, 0.29) is 12.8 Å². The summed E-state index contributed by atoms with van der Waals surface area (Å²) in [6.07, 6.45) is 0.899. The summed E-state index contributed by atoms with van der Waals surface area (Å²) in [4.78, 5) is 0. The third kappa shape index (κ3) is 2.77. The van der Waals surface area contributed by atoms with Gasteiger partial charge in [0.2, 0.25) is 18.4 Å². The lowest BCUT2D eigenvalue weighted by Crippen LogP contribution is -2.49. The van der Waals surface area contributed by atoms with Crippen LogP contribution in [0, 0.1) is 0 Å². The number of likely N-dealkylation sites (N-methyl/N-ethyl adjacent to an activating group) is 1. The summed E-state index contributed by atoms with van der Waals surface area (Å²) in [5.74, 6) is 3.59. The van der Waals surface area contributed by atoms with E-state index in [1.54, 1.807) is 18.9 Å². The molecule has 3 aromatic rings. The molecule has 0 spiro atoms. The summed E-state index contributed by atoms with van der Waals surface area (Å²) in [6, 6.07) is 9.60. The molecule has 30 heavy (non-hydrogen) atoms. The van der Waals surface area contributed by atoms with Crippen LogP contribution in [0.15, 0.2) is 30.3 Å². The molecule has 2 aromatic carbocycles. The van der Waals surface area contributed by atoms with E-state index < -0.39 is 0 Å². The molecule has 2 aliphatic heterocycles. The van der Waals surface area contributed by atoms with Crippen LogP contribution in [-0.2, 0) is 6.42 Å². The second-order valence-electron chi connectivity index (χ2n) is 8.02. The third-order valence-corrected chi connectivity index (χ3v) is 5.93. The lowest BCUT2D eigenvalue weighted by Gasteiger charge is -2.42. The van der Waals surface area contributed by atoms with Crippen LogP contribution in [0.3, 0.4) is 0 Å². The van der Waals surface area contributed by atoms with Gasteiger partial charge in [-0.25, -0.2) is 0 Å². The van der Waals surface area contributed by atoms with Crippen molar-refractivity contribution in [3.05, 3.63) is 47.3 Å². The van der Waals surface area contributed by atoms with Crippen molar-refractivity contribution < 1.29 is 23.4 Å². The maximum absolute atomic E-state index is 5.84. The molecule has 0 saturated carbocycles. The summed E-state index contributed by atoms with van der Waals surface area (Å²) in [6.45, 7) is 1.12. The summed E-state index contributed by atoms with van der Waals surface area (Å²) >= 11 is 0. The molecule has 1 unspecified atom stereocenters. The Morgan fingerprint density at radius 1 is 1.10 bits per heavy atom. The average molecular weight is 410 g/mol. The van der Waals surface area contributed by atoms with Crippen molar-refractivity contribution >= 4 is 0 Å². The molecule has 0 aliphatic carbocycles. The number of fused-ring (bicyclic) bond motifs is 2. The maximum atomic E-state index is 5.84. The standard InChI is InChI=1S/C21H24N5O4/c1-26(2)10-9-13-11-16-19(30-12-29-16)20(28-4)17(13)18(26)21-22-23-24-25(21)14-5-7-15(27-3)8-6-14/h5-8,11,18H,9-10,12H2,1-4H3/q+1. The van der Waals surface area contributed by atoms with Gasteiger partial charge in [-0.2, -0.15) is 4.68 Å². The molecule has 1 aromatic heterocycles. The second-order valence-corrected chi connectivity index (χ2v) is 8.02. The zero-order valence-corrected chi connectivity index (χ0v) is 17.5. The predicted octanol–water partition coefficient (Wildman–Crippen LogP) is 2.13. The van der Waals surface area contributed by atoms with E-state index in [9.17, 15) is 0 Å². The van der Waals surface area contributed by atoms with E-state index in [4.69, 9.17) is 18.9 Å². The topological polar surface area (TPSA) is 80.5 Å². The summed E-state index contributed by atoms with van der Waals surface area (Å²) < 4.78 is 25.0. The van der Waals surface area contributed by atoms with Gasteiger partial charge < -0.3 is 23.4 Å². The molecule has 3 heterocycles. The van der Waals surface area contributed by atoms with Crippen molar-refractivity contribution in [2.75, 3.05) is 41.7 Å². The number of benzene rings is 2. The fraction of sp³-hybridized carbons (Fsp3) is 0.381. The minimum atomic E-state index is -0.143. The monoisotopic (exact) mass is 410 g/mol. The first-order valence-electron chi connectivity index (χ1n) is 9.78. The number of ether oxygens (including phenoxy) is 4. The van der Waals surface area contributed by atoms with E-state index in [1.165, 1.54) is 5.56 Å². The van der Waals surface area contributed by atoms with Crippen LogP contribution in [-0.4, -0.2) is 66.3 Å². The number of hydrogen-bond donors (Lipinski definition) is 0. The van der Waals surface area contributed by atoms with Crippen molar-refractivity contribution in [1.82, 2.24) is 20.2 Å². The van der Waals surface area contributed by atoms with E-state index in [2.05, 4.69) is 35.7 Å². The number of rotatable bonds is 4. The van der Waals surface area contributed by atoms with Gasteiger partial charge in [-0.05, 0) is 46.3 Å². The zero-order valence-electron chi connectivity index (χ0n) is 17.5. The third-order valence-electron chi connectivity index (χ3n) is 5.93. The van der Waals surface area contributed by atoms with Gasteiger partial charge in [0.05, 0.1) is 46.1 Å². The first kappa shape index (κ1) is 18.7.